The summed E-state index contributed by atoms with van der Waals surface area (Å²) in [7, 11) is 0. The van der Waals surface area contributed by atoms with Crippen LogP contribution >= 0.6 is 0 Å². The van der Waals surface area contributed by atoms with Crippen LogP contribution < -0.4 is 10.1 Å². The monoisotopic (exact) mass is 277 g/mol. The Balaban J connectivity index is 2.03. The molecule has 0 saturated heterocycles. The molecule has 1 aromatic heterocycles. The predicted molar refractivity (Wildman–Crippen MR) is 82.1 cm³/mol. The number of hydrogen-bond acceptors (Lipinski definition) is 4. The van der Waals surface area contributed by atoms with Gasteiger partial charge in [0.1, 0.15) is 0 Å². The summed E-state index contributed by atoms with van der Waals surface area (Å²) in [4.78, 5) is 8.96. The van der Waals surface area contributed by atoms with Crippen LogP contribution in [0.15, 0.2) is 6.07 Å². The Labute approximate surface area is 122 Å². The lowest BCUT2D eigenvalue weighted by Gasteiger charge is -2.21. The quantitative estimate of drug-likeness (QED) is 0.859. The summed E-state index contributed by atoms with van der Waals surface area (Å²) < 4.78 is 5.62. The second-order valence-corrected chi connectivity index (χ2v) is 5.88. The zero-order valence-electron chi connectivity index (χ0n) is 13.1. The number of nitrogens with one attached hydrogen (secondary N) is 1. The molecular formula is C16H27N3O. The molecule has 2 rings (SSSR count). The fourth-order valence-corrected chi connectivity index (χ4v) is 3.08. The topological polar surface area (TPSA) is 47.0 Å². The van der Waals surface area contributed by atoms with Gasteiger partial charge in [-0.05, 0) is 38.0 Å². The molecule has 1 heterocycles. The second kappa shape index (κ2) is 6.91. The summed E-state index contributed by atoms with van der Waals surface area (Å²) in [6.45, 7) is 9.40. The molecule has 1 aromatic rings. The van der Waals surface area contributed by atoms with E-state index in [1.54, 1.807) is 0 Å². The molecule has 4 nitrogen and oxygen atoms in total. The van der Waals surface area contributed by atoms with E-state index >= 15 is 0 Å². The van der Waals surface area contributed by atoms with Gasteiger partial charge in [-0.2, -0.15) is 4.98 Å². The Kier molecular flexibility index (Phi) is 5.21. The van der Waals surface area contributed by atoms with E-state index in [-0.39, 0.29) is 0 Å². The largest absolute Gasteiger partial charge is 0.478 e. The van der Waals surface area contributed by atoms with Crippen LogP contribution in [0.2, 0.25) is 0 Å². The van der Waals surface area contributed by atoms with E-state index in [0.29, 0.717) is 30.4 Å². The van der Waals surface area contributed by atoms with Crippen LogP contribution in [0.5, 0.6) is 5.88 Å². The van der Waals surface area contributed by atoms with Crippen LogP contribution in [0, 0.1) is 18.8 Å². The first-order valence-corrected chi connectivity index (χ1v) is 7.89. The van der Waals surface area contributed by atoms with E-state index in [0.717, 1.165) is 18.0 Å². The van der Waals surface area contributed by atoms with Gasteiger partial charge < -0.3 is 10.1 Å². The van der Waals surface area contributed by atoms with Crippen molar-refractivity contribution in [2.75, 3.05) is 11.9 Å². The molecule has 1 N–H and O–H groups in total. The van der Waals surface area contributed by atoms with E-state index < -0.39 is 0 Å². The van der Waals surface area contributed by atoms with Gasteiger partial charge in [-0.3, -0.25) is 0 Å². The Morgan fingerprint density at radius 1 is 1.30 bits per heavy atom. The fourth-order valence-electron chi connectivity index (χ4n) is 3.08. The highest BCUT2D eigenvalue weighted by Crippen LogP contribution is 2.35. The molecule has 0 aliphatic heterocycles. The first-order chi connectivity index (χ1) is 9.63. The van der Waals surface area contributed by atoms with Crippen molar-refractivity contribution in [2.45, 2.75) is 59.4 Å². The first-order valence-electron chi connectivity index (χ1n) is 7.89. The van der Waals surface area contributed by atoms with Gasteiger partial charge in [-0.1, -0.05) is 27.2 Å². The van der Waals surface area contributed by atoms with Gasteiger partial charge in [0.25, 0.3) is 0 Å². The normalized spacial score (nSPS) is 25.7. The van der Waals surface area contributed by atoms with Crippen LogP contribution in [-0.4, -0.2) is 22.6 Å². The number of ether oxygens (including phenoxy) is 1. The molecule has 112 valence electrons. The van der Waals surface area contributed by atoms with Crippen LogP contribution in [0.25, 0.3) is 0 Å². The molecule has 0 radical (unpaired) electrons. The summed E-state index contributed by atoms with van der Waals surface area (Å²) in [5, 5.41) is 3.51. The third-order valence-electron chi connectivity index (χ3n) is 4.35. The van der Waals surface area contributed by atoms with Crippen molar-refractivity contribution in [2.24, 2.45) is 11.8 Å². The minimum Gasteiger partial charge on any atom is -0.478 e. The van der Waals surface area contributed by atoms with E-state index in [4.69, 9.17) is 4.74 Å². The Hall–Kier alpha value is -1.32. The molecule has 0 spiro atoms. The van der Waals surface area contributed by atoms with Crippen molar-refractivity contribution in [3.63, 3.8) is 0 Å². The minimum atomic E-state index is 0.487. The van der Waals surface area contributed by atoms with E-state index in [1.165, 1.54) is 19.3 Å². The second-order valence-electron chi connectivity index (χ2n) is 5.88. The summed E-state index contributed by atoms with van der Waals surface area (Å²) >= 11 is 0. The van der Waals surface area contributed by atoms with E-state index in [2.05, 4.69) is 36.1 Å². The van der Waals surface area contributed by atoms with Crippen LogP contribution in [0.3, 0.4) is 0 Å². The summed E-state index contributed by atoms with van der Waals surface area (Å²) in [6, 6.07) is 2.38. The molecule has 20 heavy (non-hydrogen) atoms. The smallest absolute Gasteiger partial charge is 0.226 e. The lowest BCUT2D eigenvalue weighted by molar-refractivity contribution is 0.304. The molecular weight excluding hydrogens is 250 g/mol. The molecule has 0 bridgehead atoms. The minimum absolute atomic E-state index is 0.487. The van der Waals surface area contributed by atoms with Gasteiger partial charge in [0, 0.05) is 17.8 Å². The third-order valence-corrected chi connectivity index (χ3v) is 4.35. The number of hydrogen-bond donors (Lipinski definition) is 1. The summed E-state index contributed by atoms with van der Waals surface area (Å²) in [5.41, 5.74) is 0.950. The van der Waals surface area contributed by atoms with Crippen molar-refractivity contribution < 1.29 is 4.74 Å². The highest BCUT2D eigenvalue weighted by Gasteiger charge is 2.31. The molecule has 3 unspecified atom stereocenters. The molecule has 4 heteroatoms. The molecule has 0 aromatic carbocycles. The maximum atomic E-state index is 5.62. The van der Waals surface area contributed by atoms with Crippen molar-refractivity contribution in [3.05, 3.63) is 11.8 Å². The van der Waals surface area contributed by atoms with Crippen LogP contribution in [-0.2, 0) is 0 Å². The van der Waals surface area contributed by atoms with Gasteiger partial charge in [-0.25, -0.2) is 4.98 Å². The van der Waals surface area contributed by atoms with E-state index in [9.17, 15) is 0 Å². The van der Waals surface area contributed by atoms with Crippen LogP contribution in [0.4, 0.5) is 5.95 Å². The molecule has 1 fully saturated rings. The van der Waals surface area contributed by atoms with Crippen LogP contribution in [0.1, 0.15) is 52.1 Å². The Morgan fingerprint density at radius 3 is 2.75 bits per heavy atom. The van der Waals surface area contributed by atoms with Crippen molar-refractivity contribution in [3.8, 4) is 5.88 Å². The average Bonchev–Trinajstić information content (AvgIpc) is 2.77. The number of anilines is 1. The zero-order chi connectivity index (χ0) is 14.5. The third kappa shape index (κ3) is 3.62. The van der Waals surface area contributed by atoms with Crippen molar-refractivity contribution in [1.82, 2.24) is 9.97 Å². The van der Waals surface area contributed by atoms with Crippen molar-refractivity contribution in [1.29, 1.82) is 0 Å². The molecule has 1 aliphatic rings. The van der Waals surface area contributed by atoms with Gasteiger partial charge >= 0.3 is 0 Å². The SMILES string of the molecule is CCCOc1cc(C)nc(NC2CCC(CC)C2C)n1. The van der Waals surface area contributed by atoms with Crippen molar-refractivity contribution >= 4 is 5.95 Å². The van der Waals surface area contributed by atoms with Gasteiger partial charge in [0.05, 0.1) is 6.61 Å². The standard InChI is InChI=1S/C16H27N3O/c1-5-9-20-15-10-11(3)17-16(19-15)18-14-8-7-13(6-2)12(14)4/h10,12-14H,5-9H2,1-4H3,(H,17,18,19). The Morgan fingerprint density at radius 2 is 2.10 bits per heavy atom. The lowest BCUT2D eigenvalue weighted by atomic mass is 9.94. The number of aromatic nitrogens is 2. The maximum absolute atomic E-state index is 5.62. The molecule has 0 amide bonds. The lowest BCUT2D eigenvalue weighted by Crippen LogP contribution is -2.25. The summed E-state index contributed by atoms with van der Waals surface area (Å²) in [6.07, 6.45) is 4.77. The Bertz CT molecular complexity index is 436. The number of rotatable bonds is 6. The molecule has 1 aliphatic carbocycles. The van der Waals surface area contributed by atoms with Gasteiger partial charge in [0.15, 0.2) is 0 Å². The van der Waals surface area contributed by atoms with Gasteiger partial charge in [0.2, 0.25) is 11.8 Å². The first kappa shape index (κ1) is 15.1. The molecule has 1 saturated carbocycles. The van der Waals surface area contributed by atoms with Gasteiger partial charge in [-0.15, -0.1) is 0 Å². The number of nitrogens with zero attached hydrogens (tertiary/aromatic N) is 2. The zero-order valence-corrected chi connectivity index (χ0v) is 13.1. The fraction of sp³-hybridized carbons (Fsp3) is 0.750. The predicted octanol–water partition coefficient (Wildman–Crippen LogP) is 3.81. The maximum Gasteiger partial charge on any atom is 0.226 e. The average molecular weight is 277 g/mol. The highest BCUT2D eigenvalue weighted by atomic mass is 16.5. The summed E-state index contributed by atoms with van der Waals surface area (Å²) in [5.74, 6) is 2.90. The van der Waals surface area contributed by atoms with E-state index in [1.807, 2.05) is 13.0 Å². The highest BCUT2D eigenvalue weighted by molar-refractivity contribution is 5.32. The number of aryl methyl sites for hydroxylation is 1. The molecule has 3 atom stereocenters.